The Morgan fingerprint density at radius 1 is 1.00 bits per heavy atom. The van der Waals surface area contributed by atoms with Gasteiger partial charge < -0.3 is 0 Å². The molecule has 19 heavy (non-hydrogen) atoms. The molecule has 98 valence electrons. The number of urea groups is 1. The Bertz CT molecular complexity index is 530. The number of likely N-dealkylation sites (N-methyl/N-ethyl adjacent to an activating group) is 2. The van der Waals surface area contributed by atoms with Crippen molar-refractivity contribution in [2.75, 3.05) is 14.1 Å². The Labute approximate surface area is 110 Å². The molecule has 4 amide bonds. The van der Waals surface area contributed by atoms with Crippen molar-refractivity contribution in [1.29, 1.82) is 0 Å². The molecule has 1 aliphatic heterocycles. The van der Waals surface area contributed by atoms with Crippen molar-refractivity contribution in [3.8, 4) is 0 Å². The maximum Gasteiger partial charge on any atom is 0.332 e. The van der Waals surface area contributed by atoms with Crippen molar-refractivity contribution in [2.24, 2.45) is 4.99 Å². The Hall–Kier alpha value is -2.50. The second-order valence-corrected chi connectivity index (χ2v) is 4.17. The summed E-state index contributed by atoms with van der Waals surface area (Å²) in [7, 11) is 2.66. The number of benzene rings is 1. The SMILES string of the molecule is CN1C(=O)C(N=Cc2ccccc2)C(=O)N(C)C1=O. The number of nitrogens with zero attached hydrogens (tertiary/aromatic N) is 3. The molecule has 1 aliphatic rings. The summed E-state index contributed by atoms with van der Waals surface area (Å²) in [6.45, 7) is 0. The fraction of sp³-hybridized carbons (Fsp3) is 0.231. The zero-order valence-electron chi connectivity index (χ0n) is 10.6. The molecule has 6 nitrogen and oxygen atoms in total. The van der Waals surface area contributed by atoms with Crippen LogP contribution in [-0.2, 0) is 9.59 Å². The number of carbonyl (C=O) groups excluding carboxylic acids is 3. The van der Waals surface area contributed by atoms with E-state index >= 15 is 0 Å². The summed E-state index contributed by atoms with van der Waals surface area (Å²) in [5.41, 5.74) is 0.783. The maximum absolute atomic E-state index is 11.9. The maximum atomic E-state index is 11.9. The Kier molecular flexibility index (Phi) is 3.41. The van der Waals surface area contributed by atoms with Gasteiger partial charge in [-0.15, -0.1) is 0 Å². The van der Waals surface area contributed by atoms with Gasteiger partial charge in [-0.05, 0) is 5.56 Å². The third kappa shape index (κ3) is 2.37. The molecule has 1 fully saturated rings. The fourth-order valence-electron chi connectivity index (χ4n) is 1.71. The molecule has 1 heterocycles. The highest BCUT2D eigenvalue weighted by molar-refractivity contribution is 6.19. The quantitative estimate of drug-likeness (QED) is 0.574. The van der Waals surface area contributed by atoms with Gasteiger partial charge in [0.25, 0.3) is 11.8 Å². The van der Waals surface area contributed by atoms with Crippen LogP contribution in [0.2, 0.25) is 0 Å². The Morgan fingerprint density at radius 3 is 2.05 bits per heavy atom. The van der Waals surface area contributed by atoms with Gasteiger partial charge in [-0.25, -0.2) is 4.79 Å². The summed E-state index contributed by atoms with van der Waals surface area (Å²) >= 11 is 0. The molecule has 0 aliphatic carbocycles. The first-order valence-corrected chi connectivity index (χ1v) is 5.69. The predicted molar refractivity (Wildman–Crippen MR) is 68.8 cm³/mol. The van der Waals surface area contributed by atoms with Crippen molar-refractivity contribution < 1.29 is 14.4 Å². The summed E-state index contributed by atoms with van der Waals surface area (Å²) in [5, 5.41) is 0. The minimum atomic E-state index is -1.19. The van der Waals surface area contributed by atoms with Gasteiger partial charge in [0.1, 0.15) is 0 Å². The van der Waals surface area contributed by atoms with E-state index < -0.39 is 23.9 Å². The Morgan fingerprint density at radius 2 is 1.53 bits per heavy atom. The average molecular weight is 259 g/mol. The van der Waals surface area contributed by atoms with Gasteiger partial charge in [-0.2, -0.15) is 0 Å². The molecule has 0 unspecified atom stereocenters. The van der Waals surface area contributed by atoms with Gasteiger partial charge >= 0.3 is 6.03 Å². The normalized spacial score (nSPS) is 17.7. The number of hydrogen-bond acceptors (Lipinski definition) is 4. The lowest BCUT2D eigenvalue weighted by molar-refractivity contribution is -0.142. The summed E-state index contributed by atoms with van der Waals surface area (Å²) < 4.78 is 0. The van der Waals surface area contributed by atoms with E-state index in [2.05, 4.69) is 4.99 Å². The van der Waals surface area contributed by atoms with Crippen molar-refractivity contribution in [3.63, 3.8) is 0 Å². The topological polar surface area (TPSA) is 70.1 Å². The van der Waals surface area contributed by atoms with E-state index in [1.165, 1.54) is 20.3 Å². The molecule has 1 aromatic rings. The molecular formula is C13H13N3O3. The van der Waals surface area contributed by atoms with E-state index in [0.29, 0.717) is 0 Å². The number of hydrogen-bond donors (Lipinski definition) is 0. The lowest BCUT2D eigenvalue weighted by Crippen LogP contribution is -2.58. The molecule has 0 bridgehead atoms. The minimum absolute atomic E-state index is 0.611. The molecule has 0 N–H and O–H groups in total. The second kappa shape index (κ2) is 5.01. The summed E-state index contributed by atoms with van der Waals surface area (Å²) in [6, 6.07) is 7.30. The number of amides is 4. The van der Waals surface area contributed by atoms with E-state index in [-0.39, 0.29) is 0 Å². The largest absolute Gasteiger partial charge is 0.332 e. The van der Waals surface area contributed by atoms with Gasteiger partial charge in [0, 0.05) is 20.3 Å². The summed E-state index contributed by atoms with van der Waals surface area (Å²) in [4.78, 5) is 41.0. The molecule has 0 radical (unpaired) electrons. The highest BCUT2D eigenvalue weighted by atomic mass is 16.2. The van der Waals surface area contributed by atoms with Crippen LogP contribution in [0.15, 0.2) is 35.3 Å². The first-order valence-electron chi connectivity index (χ1n) is 5.69. The van der Waals surface area contributed by atoms with Crippen LogP contribution in [0.1, 0.15) is 5.56 Å². The van der Waals surface area contributed by atoms with Crippen molar-refractivity contribution in [3.05, 3.63) is 35.9 Å². The van der Waals surface area contributed by atoms with Crippen LogP contribution in [-0.4, -0.2) is 54.0 Å². The number of rotatable bonds is 2. The average Bonchev–Trinajstić information content (AvgIpc) is 2.44. The van der Waals surface area contributed by atoms with Gasteiger partial charge in [0.2, 0.25) is 6.04 Å². The van der Waals surface area contributed by atoms with Crippen LogP contribution in [0.25, 0.3) is 0 Å². The number of imide groups is 2. The number of carbonyl (C=O) groups is 3. The molecule has 0 atom stereocenters. The van der Waals surface area contributed by atoms with E-state index in [0.717, 1.165) is 15.4 Å². The lowest BCUT2D eigenvalue weighted by atomic mass is 10.2. The summed E-state index contributed by atoms with van der Waals surface area (Å²) in [5.74, 6) is -1.22. The first-order chi connectivity index (χ1) is 9.02. The predicted octanol–water partition coefficient (Wildman–Crippen LogP) is 0.524. The van der Waals surface area contributed by atoms with Crippen molar-refractivity contribution in [2.45, 2.75) is 6.04 Å². The Balaban J connectivity index is 2.24. The van der Waals surface area contributed by atoms with Crippen LogP contribution in [0.3, 0.4) is 0 Å². The van der Waals surface area contributed by atoms with Crippen LogP contribution < -0.4 is 0 Å². The molecule has 1 saturated heterocycles. The van der Waals surface area contributed by atoms with E-state index in [9.17, 15) is 14.4 Å². The van der Waals surface area contributed by atoms with Crippen LogP contribution in [0.4, 0.5) is 4.79 Å². The zero-order chi connectivity index (χ0) is 14.0. The van der Waals surface area contributed by atoms with Gasteiger partial charge in [-0.1, -0.05) is 30.3 Å². The number of aliphatic imine (C=N–C) groups is 1. The van der Waals surface area contributed by atoms with Crippen LogP contribution >= 0.6 is 0 Å². The molecule has 0 aromatic heterocycles. The highest BCUT2D eigenvalue weighted by Crippen LogP contribution is 2.12. The van der Waals surface area contributed by atoms with Crippen LogP contribution in [0.5, 0.6) is 0 Å². The van der Waals surface area contributed by atoms with Crippen molar-refractivity contribution in [1.82, 2.24) is 9.80 Å². The van der Waals surface area contributed by atoms with Crippen molar-refractivity contribution >= 4 is 24.1 Å². The summed E-state index contributed by atoms with van der Waals surface area (Å²) in [6.07, 6.45) is 1.46. The third-order valence-corrected chi connectivity index (χ3v) is 2.88. The molecule has 6 heteroatoms. The highest BCUT2D eigenvalue weighted by Gasteiger charge is 2.42. The van der Waals surface area contributed by atoms with Gasteiger partial charge in [0.05, 0.1) is 0 Å². The smallest absolute Gasteiger partial charge is 0.271 e. The molecular weight excluding hydrogens is 246 g/mol. The molecule has 0 saturated carbocycles. The molecule has 1 aromatic carbocycles. The van der Waals surface area contributed by atoms with E-state index in [1.807, 2.05) is 18.2 Å². The third-order valence-electron chi connectivity index (χ3n) is 2.88. The molecule has 2 rings (SSSR count). The van der Waals surface area contributed by atoms with Gasteiger partial charge in [0.15, 0.2) is 0 Å². The molecule has 0 spiro atoms. The van der Waals surface area contributed by atoms with E-state index in [4.69, 9.17) is 0 Å². The second-order valence-electron chi connectivity index (χ2n) is 4.17. The monoisotopic (exact) mass is 259 g/mol. The standard InChI is InChI=1S/C13H13N3O3/c1-15-11(17)10(12(18)16(2)13(15)19)14-8-9-6-4-3-5-7-9/h3-8,10H,1-2H3. The van der Waals surface area contributed by atoms with Crippen LogP contribution in [0, 0.1) is 0 Å². The lowest BCUT2D eigenvalue weighted by Gasteiger charge is -2.30. The fourth-order valence-corrected chi connectivity index (χ4v) is 1.71. The first kappa shape index (κ1) is 12.9. The zero-order valence-corrected chi connectivity index (χ0v) is 10.6. The minimum Gasteiger partial charge on any atom is -0.271 e. The van der Waals surface area contributed by atoms with Gasteiger partial charge in [-0.3, -0.25) is 24.4 Å². The van der Waals surface area contributed by atoms with E-state index in [1.54, 1.807) is 12.1 Å². The number of barbiturate groups is 1.